The molecule has 24 heavy (non-hydrogen) atoms. The topological polar surface area (TPSA) is 55.1 Å². The molecule has 0 unspecified atom stereocenters. The summed E-state index contributed by atoms with van der Waals surface area (Å²) in [5.74, 6) is 0.727. The van der Waals surface area contributed by atoms with Gasteiger partial charge < -0.3 is 9.42 Å². The summed E-state index contributed by atoms with van der Waals surface area (Å²) < 4.78 is 19.8. The second kappa shape index (κ2) is 6.03. The maximum Gasteiger partial charge on any atom is 0.246 e. The Kier molecular flexibility index (Phi) is 3.72. The first-order chi connectivity index (χ1) is 11.7. The van der Waals surface area contributed by atoms with E-state index >= 15 is 0 Å². The average molecular weight is 324 g/mol. The molecule has 3 aromatic rings. The summed E-state index contributed by atoms with van der Waals surface area (Å²) in [5, 5.41) is 3.98. The van der Waals surface area contributed by atoms with Crippen molar-refractivity contribution < 1.29 is 8.91 Å². The lowest BCUT2D eigenvalue weighted by molar-refractivity contribution is 0.374. The van der Waals surface area contributed by atoms with E-state index in [2.05, 4.69) is 21.2 Å². The molecule has 1 aromatic carbocycles. The molecule has 0 spiro atoms. The number of halogens is 1. The van der Waals surface area contributed by atoms with Gasteiger partial charge >= 0.3 is 0 Å². The minimum atomic E-state index is -0.186. The van der Waals surface area contributed by atoms with Crippen molar-refractivity contribution in [3.05, 3.63) is 59.4 Å². The first kappa shape index (κ1) is 14.8. The Labute approximate surface area is 139 Å². The predicted octanol–water partition coefficient (Wildman–Crippen LogP) is 3.53. The smallest absolute Gasteiger partial charge is 0.246 e. The third-order valence-corrected chi connectivity index (χ3v) is 4.17. The van der Waals surface area contributed by atoms with Crippen molar-refractivity contribution in [3.8, 4) is 11.5 Å². The van der Waals surface area contributed by atoms with Gasteiger partial charge in [-0.3, -0.25) is 4.98 Å². The first-order valence-electron chi connectivity index (χ1n) is 7.98. The quantitative estimate of drug-likeness (QED) is 0.738. The molecule has 3 heterocycles. The molecule has 0 bridgehead atoms. The van der Waals surface area contributed by atoms with Gasteiger partial charge in [0, 0.05) is 12.7 Å². The van der Waals surface area contributed by atoms with E-state index in [-0.39, 0.29) is 5.82 Å². The van der Waals surface area contributed by atoms with Crippen molar-refractivity contribution in [2.24, 2.45) is 0 Å². The van der Waals surface area contributed by atoms with Gasteiger partial charge in [-0.05, 0) is 49.1 Å². The zero-order valence-electron chi connectivity index (χ0n) is 13.4. The van der Waals surface area contributed by atoms with Crippen LogP contribution in [0.3, 0.4) is 0 Å². The van der Waals surface area contributed by atoms with E-state index in [0.29, 0.717) is 29.6 Å². The Morgan fingerprint density at radius 2 is 2.21 bits per heavy atom. The lowest BCUT2D eigenvalue weighted by atomic mass is 9.99. The summed E-state index contributed by atoms with van der Waals surface area (Å²) in [6.07, 6.45) is 3.56. The van der Waals surface area contributed by atoms with Crippen molar-refractivity contribution in [2.75, 3.05) is 11.4 Å². The zero-order chi connectivity index (χ0) is 16.5. The number of benzene rings is 1. The van der Waals surface area contributed by atoms with E-state index in [4.69, 9.17) is 4.52 Å². The van der Waals surface area contributed by atoms with Crippen LogP contribution in [0.15, 0.2) is 41.1 Å². The van der Waals surface area contributed by atoms with Crippen molar-refractivity contribution in [2.45, 2.75) is 26.3 Å². The standard InChI is InChI=1S/C18H17FN4O/c1-12-9-13-5-4-8-23(17(13)14(19)10-12)11-16-21-18(22-24-16)15-6-2-3-7-20-15/h2-3,6-7,9-10H,4-5,8,11H2,1H3. The van der Waals surface area contributed by atoms with E-state index < -0.39 is 0 Å². The van der Waals surface area contributed by atoms with E-state index in [1.807, 2.05) is 30.0 Å². The van der Waals surface area contributed by atoms with Crippen molar-refractivity contribution >= 4 is 5.69 Å². The first-order valence-corrected chi connectivity index (χ1v) is 7.98. The number of aromatic nitrogens is 3. The van der Waals surface area contributed by atoms with E-state index in [9.17, 15) is 4.39 Å². The SMILES string of the molecule is Cc1cc(F)c2c(c1)CCCN2Cc1nc(-c2ccccn2)no1. The largest absolute Gasteiger partial charge is 0.360 e. The van der Waals surface area contributed by atoms with Crippen LogP contribution >= 0.6 is 0 Å². The maximum absolute atomic E-state index is 14.4. The molecule has 0 atom stereocenters. The number of aryl methyl sites for hydroxylation is 2. The molecular formula is C18H17FN4O. The summed E-state index contributed by atoms with van der Waals surface area (Å²) in [7, 11) is 0. The molecule has 1 aliphatic rings. The van der Waals surface area contributed by atoms with Crippen LogP contribution in [-0.4, -0.2) is 21.7 Å². The molecule has 0 amide bonds. The third-order valence-electron chi connectivity index (χ3n) is 4.17. The van der Waals surface area contributed by atoms with E-state index in [0.717, 1.165) is 30.5 Å². The average Bonchev–Trinajstić information content (AvgIpc) is 3.04. The fourth-order valence-electron chi connectivity index (χ4n) is 3.16. The second-order valence-corrected chi connectivity index (χ2v) is 6.01. The van der Waals surface area contributed by atoms with Crippen LogP contribution in [0.5, 0.6) is 0 Å². The molecule has 0 saturated carbocycles. The summed E-state index contributed by atoms with van der Waals surface area (Å²) in [6, 6.07) is 9.16. The van der Waals surface area contributed by atoms with Gasteiger partial charge in [-0.1, -0.05) is 17.3 Å². The molecule has 2 aromatic heterocycles. The Hall–Kier alpha value is -2.76. The Bertz CT molecular complexity index is 863. The lowest BCUT2D eigenvalue weighted by Crippen LogP contribution is -2.30. The van der Waals surface area contributed by atoms with Gasteiger partial charge in [0.05, 0.1) is 12.2 Å². The minimum absolute atomic E-state index is 0.186. The molecule has 6 heteroatoms. The number of nitrogens with zero attached hydrogens (tertiary/aromatic N) is 4. The van der Waals surface area contributed by atoms with Gasteiger partial charge in [-0.2, -0.15) is 4.98 Å². The van der Waals surface area contributed by atoms with E-state index in [1.165, 1.54) is 0 Å². The number of anilines is 1. The number of fused-ring (bicyclic) bond motifs is 1. The van der Waals surface area contributed by atoms with Crippen LogP contribution in [-0.2, 0) is 13.0 Å². The lowest BCUT2D eigenvalue weighted by Gasteiger charge is -2.30. The number of hydrogen-bond acceptors (Lipinski definition) is 5. The van der Waals surface area contributed by atoms with Gasteiger partial charge in [-0.15, -0.1) is 0 Å². The van der Waals surface area contributed by atoms with E-state index in [1.54, 1.807) is 12.3 Å². The van der Waals surface area contributed by atoms with Gasteiger partial charge in [0.1, 0.15) is 11.5 Å². The van der Waals surface area contributed by atoms with Crippen LogP contribution in [0.4, 0.5) is 10.1 Å². The highest BCUT2D eigenvalue weighted by atomic mass is 19.1. The van der Waals surface area contributed by atoms with Gasteiger partial charge in [-0.25, -0.2) is 4.39 Å². The van der Waals surface area contributed by atoms with Crippen molar-refractivity contribution in [1.29, 1.82) is 0 Å². The minimum Gasteiger partial charge on any atom is -0.360 e. The molecular weight excluding hydrogens is 307 g/mol. The zero-order valence-corrected chi connectivity index (χ0v) is 13.4. The normalized spacial score (nSPS) is 13.8. The second-order valence-electron chi connectivity index (χ2n) is 6.01. The third kappa shape index (κ3) is 2.75. The van der Waals surface area contributed by atoms with Crippen LogP contribution in [0.2, 0.25) is 0 Å². The fraction of sp³-hybridized carbons (Fsp3) is 0.278. The summed E-state index contributed by atoms with van der Waals surface area (Å²) in [6.45, 7) is 3.08. The molecule has 4 rings (SSSR count). The fourth-order valence-corrected chi connectivity index (χ4v) is 3.16. The van der Waals surface area contributed by atoms with Gasteiger partial charge in [0.2, 0.25) is 11.7 Å². The number of hydrogen-bond donors (Lipinski definition) is 0. The molecule has 122 valence electrons. The molecule has 0 fully saturated rings. The Balaban J connectivity index is 1.61. The predicted molar refractivity (Wildman–Crippen MR) is 88.0 cm³/mol. The van der Waals surface area contributed by atoms with Crippen LogP contribution in [0.25, 0.3) is 11.5 Å². The molecule has 5 nitrogen and oxygen atoms in total. The monoisotopic (exact) mass is 324 g/mol. The van der Waals surface area contributed by atoms with Gasteiger partial charge in [0.25, 0.3) is 0 Å². The molecule has 1 aliphatic heterocycles. The number of pyridine rings is 1. The Morgan fingerprint density at radius 3 is 3.04 bits per heavy atom. The maximum atomic E-state index is 14.4. The van der Waals surface area contributed by atoms with Crippen LogP contribution in [0.1, 0.15) is 23.4 Å². The molecule has 0 N–H and O–H groups in total. The molecule has 0 aliphatic carbocycles. The summed E-state index contributed by atoms with van der Waals surface area (Å²) >= 11 is 0. The Morgan fingerprint density at radius 1 is 1.29 bits per heavy atom. The molecule has 0 saturated heterocycles. The van der Waals surface area contributed by atoms with Gasteiger partial charge in [0.15, 0.2) is 0 Å². The van der Waals surface area contributed by atoms with Crippen LogP contribution in [0, 0.1) is 12.7 Å². The summed E-state index contributed by atoms with van der Waals surface area (Å²) in [5.41, 5.74) is 3.31. The van der Waals surface area contributed by atoms with Crippen molar-refractivity contribution in [1.82, 2.24) is 15.1 Å². The van der Waals surface area contributed by atoms with Crippen molar-refractivity contribution in [3.63, 3.8) is 0 Å². The highest BCUT2D eigenvalue weighted by molar-refractivity contribution is 5.58. The highest BCUT2D eigenvalue weighted by Gasteiger charge is 2.23. The number of rotatable bonds is 3. The highest BCUT2D eigenvalue weighted by Crippen LogP contribution is 2.32. The van der Waals surface area contributed by atoms with Crippen LogP contribution < -0.4 is 4.90 Å². The molecule has 0 radical (unpaired) electrons. The summed E-state index contributed by atoms with van der Waals surface area (Å²) in [4.78, 5) is 10.6.